The van der Waals surface area contributed by atoms with E-state index in [1.165, 1.54) is 0 Å². The fraction of sp³-hybridized carbons (Fsp3) is 0.600. The van der Waals surface area contributed by atoms with Crippen molar-refractivity contribution in [1.29, 1.82) is 0 Å². The molecule has 2 aliphatic heterocycles. The first-order chi connectivity index (χ1) is 8.89. The summed E-state index contributed by atoms with van der Waals surface area (Å²) in [6, 6.07) is 5.52. The predicted molar refractivity (Wildman–Crippen MR) is 80.1 cm³/mol. The Bertz CT molecular complexity index is 503. The standard InChI is InChI=1S/C15H19ClO2S/c1-14(2)7-15(9-19-8-14)6-12(17)11-5-10(16)3-4-13(11)18-15/h3-5,12,17H,6-9H2,1-2H3/t12-,15?/m1/s1. The molecule has 2 atom stereocenters. The van der Waals surface area contributed by atoms with Gasteiger partial charge in [0.2, 0.25) is 0 Å². The van der Waals surface area contributed by atoms with Crippen molar-refractivity contribution in [1.82, 2.24) is 0 Å². The molecule has 1 unspecified atom stereocenters. The maximum Gasteiger partial charge on any atom is 0.126 e. The number of halogens is 1. The molecule has 2 nitrogen and oxygen atoms in total. The normalized spacial score (nSPS) is 32.7. The van der Waals surface area contributed by atoms with E-state index in [1.54, 1.807) is 0 Å². The van der Waals surface area contributed by atoms with Crippen LogP contribution in [0.15, 0.2) is 18.2 Å². The number of fused-ring (bicyclic) bond motifs is 1. The van der Waals surface area contributed by atoms with Gasteiger partial charge in [-0.05, 0) is 35.8 Å². The molecule has 0 amide bonds. The van der Waals surface area contributed by atoms with Gasteiger partial charge >= 0.3 is 0 Å². The average molecular weight is 299 g/mol. The first-order valence-electron chi connectivity index (χ1n) is 6.64. The highest BCUT2D eigenvalue weighted by Gasteiger charge is 2.46. The van der Waals surface area contributed by atoms with Gasteiger partial charge in [0.15, 0.2) is 0 Å². The van der Waals surface area contributed by atoms with E-state index in [0.29, 0.717) is 11.4 Å². The summed E-state index contributed by atoms with van der Waals surface area (Å²) in [5.41, 5.74) is 0.852. The summed E-state index contributed by atoms with van der Waals surface area (Å²) in [7, 11) is 0. The summed E-state index contributed by atoms with van der Waals surface area (Å²) >= 11 is 7.92. The minimum absolute atomic E-state index is 0.230. The molecule has 1 fully saturated rings. The molecule has 2 aliphatic rings. The number of aliphatic hydroxyl groups is 1. The molecule has 2 heterocycles. The van der Waals surface area contributed by atoms with Gasteiger partial charge in [0.1, 0.15) is 11.4 Å². The van der Waals surface area contributed by atoms with E-state index in [1.807, 2.05) is 30.0 Å². The number of benzene rings is 1. The molecule has 0 aromatic heterocycles. The van der Waals surface area contributed by atoms with Gasteiger partial charge in [-0.3, -0.25) is 0 Å². The van der Waals surface area contributed by atoms with Gasteiger partial charge in [0.25, 0.3) is 0 Å². The Morgan fingerprint density at radius 3 is 2.89 bits per heavy atom. The van der Waals surface area contributed by atoms with Gasteiger partial charge in [0, 0.05) is 22.8 Å². The van der Waals surface area contributed by atoms with Crippen molar-refractivity contribution in [3.05, 3.63) is 28.8 Å². The van der Waals surface area contributed by atoms with Crippen LogP contribution in [-0.4, -0.2) is 22.2 Å². The lowest BCUT2D eigenvalue weighted by Gasteiger charge is -2.48. The molecule has 19 heavy (non-hydrogen) atoms. The number of rotatable bonds is 0. The topological polar surface area (TPSA) is 29.5 Å². The van der Waals surface area contributed by atoms with Crippen LogP contribution >= 0.6 is 23.4 Å². The molecule has 1 N–H and O–H groups in total. The van der Waals surface area contributed by atoms with Crippen LogP contribution in [-0.2, 0) is 0 Å². The van der Waals surface area contributed by atoms with Crippen molar-refractivity contribution in [2.45, 2.75) is 38.4 Å². The van der Waals surface area contributed by atoms with E-state index >= 15 is 0 Å². The smallest absolute Gasteiger partial charge is 0.126 e. The van der Waals surface area contributed by atoms with Crippen LogP contribution in [0.25, 0.3) is 0 Å². The number of hydrogen-bond donors (Lipinski definition) is 1. The summed E-state index contributed by atoms with van der Waals surface area (Å²) in [6.45, 7) is 4.54. The highest BCUT2D eigenvalue weighted by molar-refractivity contribution is 7.99. The number of ether oxygens (including phenoxy) is 1. The summed E-state index contributed by atoms with van der Waals surface area (Å²) in [5.74, 6) is 2.90. The second kappa shape index (κ2) is 4.57. The Morgan fingerprint density at radius 2 is 2.16 bits per heavy atom. The van der Waals surface area contributed by atoms with Gasteiger partial charge in [-0.2, -0.15) is 11.8 Å². The highest BCUT2D eigenvalue weighted by atomic mass is 35.5. The van der Waals surface area contributed by atoms with Gasteiger partial charge in [-0.1, -0.05) is 25.4 Å². The zero-order chi connectivity index (χ0) is 13.7. The molecular weight excluding hydrogens is 280 g/mol. The summed E-state index contributed by atoms with van der Waals surface area (Å²) in [6.07, 6.45) is 1.18. The third-order valence-corrected chi connectivity index (χ3v) is 5.83. The minimum Gasteiger partial charge on any atom is -0.486 e. The lowest BCUT2D eigenvalue weighted by molar-refractivity contribution is -0.0254. The molecule has 104 valence electrons. The maximum absolute atomic E-state index is 10.4. The molecule has 1 spiro atoms. The van der Waals surface area contributed by atoms with Gasteiger partial charge in [-0.25, -0.2) is 0 Å². The summed E-state index contributed by atoms with van der Waals surface area (Å²) < 4.78 is 6.28. The van der Waals surface area contributed by atoms with Crippen molar-refractivity contribution < 1.29 is 9.84 Å². The number of hydrogen-bond acceptors (Lipinski definition) is 3. The van der Waals surface area contributed by atoms with E-state index in [2.05, 4.69) is 13.8 Å². The van der Waals surface area contributed by atoms with Crippen molar-refractivity contribution in [3.8, 4) is 5.75 Å². The van der Waals surface area contributed by atoms with Crippen LogP contribution in [0.5, 0.6) is 5.75 Å². The molecule has 1 aromatic rings. The van der Waals surface area contributed by atoms with E-state index < -0.39 is 6.10 Å². The average Bonchev–Trinajstić information content (AvgIpc) is 2.29. The fourth-order valence-corrected chi connectivity index (χ4v) is 4.88. The van der Waals surface area contributed by atoms with Crippen LogP contribution in [0.4, 0.5) is 0 Å². The SMILES string of the molecule is CC1(C)CSCC2(C[C@@H](O)c3cc(Cl)ccc3O2)C1. The lowest BCUT2D eigenvalue weighted by Crippen LogP contribution is -2.50. The Morgan fingerprint density at radius 1 is 1.37 bits per heavy atom. The molecule has 3 rings (SSSR count). The van der Waals surface area contributed by atoms with Crippen molar-refractivity contribution in [3.63, 3.8) is 0 Å². The first kappa shape index (κ1) is 13.6. The number of aliphatic hydroxyl groups excluding tert-OH is 1. The van der Waals surface area contributed by atoms with Crippen LogP contribution in [0, 0.1) is 5.41 Å². The van der Waals surface area contributed by atoms with Crippen LogP contribution in [0.1, 0.15) is 38.4 Å². The van der Waals surface area contributed by atoms with Crippen molar-refractivity contribution in [2.75, 3.05) is 11.5 Å². The third-order valence-electron chi connectivity index (χ3n) is 3.88. The summed E-state index contributed by atoms with van der Waals surface area (Å²) in [4.78, 5) is 0. The Kier molecular flexibility index (Phi) is 3.27. The zero-order valence-electron chi connectivity index (χ0n) is 11.3. The molecule has 0 saturated carbocycles. The predicted octanol–water partition coefficient (Wildman–Crippen LogP) is 4.06. The van der Waals surface area contributed by atoms with Gasteiger partial charge < -0.3 is 9.84 Å². The largest absolute Gasteiger partial charge is 0.486 e. The zero-order valence-corrected chi connectivity index (χ0v) is 12.9. The van der Waals surface area contributed by atoms with Crippen LogP contribution < -0.4 is 4.74 Å². The van der Waals surface area contributed by atoms with Crippen LogP contribution in [0.3, 0.4) is 0 Å². The molecule has 4 heteroatoms. The van der Waals surface area contributed by atoms with E-state index in [0.717, 1.165) is 29.2 Å². The minimum atomic E-state index is -0.475. The Hall–Kier alpha value is -0.380. The van der Waals surface area contributed by atoms with Crippen molar-refractivity contribution in [2.24, 2.45) is 5.41 Å². The maximum atomic E-state index is 10.4. The van der Waals surface area contributed by atoms with Gasteiger partial charge in [-0.15, -0.1) is 0 Å². The highest BCUT2D eigenvalue weighted by Crippen LogP contribution is 2.49. The third kappa shape index (κ3) is 2.61. The Labute approximate surface area is 123 Å². The summed E-state index contributed by atoms with van der Waals surface area (Å²) in [5, 5.41) is 11.1. The second-order valence-corrected chi connectivity index (χ2v) is 7.94. The van der Waals surface area contributed by atoms with Gasteiger partial charge in [0.05, 0.1) is 6.10 Å². The molecule has 1 saturated heterocycles. The van der Waals surface area contributed by atoms with E-state index in [-0.39, 0.29) is 11.0 Å². The molecule has 0 bridgehead atoms. The van der Waals surface area contributed by atoms with Crippen molar-refractivity contribution >= 4 is 23.4 Å². The second-order valence-electron chi connectivity index (χ2n) is 6.52. The molecule has 0 aliphatic carbocycles. The lowest BCUT2D eigenvalue weighted by atomic mass is 9.77. The monoisotopic (exact) mass is 298 g/mol. The molecule has 0 radical (unpaired) electrons. The fourth-order valence-electron chi connectivity index (χ4n) is 3.29. The van der Waals surface area contributed by atoms with Crippen LogP contribution in [0.2, 0.25) is 5.02 Å². The van der Waals surface area contributed by atoms with E-state index in [4.69, 9.17) is 16.3 Å². The van der Waals surface area contributed by atoms with E-state index in [9.17, 15) is 5.11 Å². The Balaban J connectivity index is 1.94. The molecular formula is C15H19ClO2S. The number of thioether (sulfide) groups is 1. The quantitative estimate of drug-likeness (QED) is 0.783. The molecule has 1 aromatic carbocycles. The first-order valence-corrected chi connectivity index (χ1v) is 8.17.